The molecule has 2 N–H and O–H groups in total. The zero-order valence-electron chi connectivity index (χ0n) is 17.2. The number of nitrogens with one attached hydrogen (secondary N) is 1. The van der Waals surface area contributed by atoms with E-state index in [1.165, 1.54) is 24.3 Å². The Kier molecular flexibility index (Phi) is 7.51. The van der Waals surface area contributed by atoms with Crippen LogP contribution in [0.5, 0.6) is 0 Å². The second-order valence-corrected chi connectivity index (χ2v) is 9.86. The molecule has 1 aliphatic heterocycles. The van der Waals surface area contributed by atoms with Gasteiger partial charge < -0.3 is 10.4 Å². The molecular formula is C20H24N4O7S. The summed E-state index contributed by atoms with van der Waals surface area (Å²) in [6, 6.07) is 11.6. The first-order valence-electron chi connectivity index (χ1n) is 9.94. The van der Waals surface area contributed by atoms with E-state index in [4.69, 9.17) is 0 Å². The molecule has 32 heavy (non-hydrogen) atoms. The summed E-state index contributed by atoms with van der Waals surface area (Å²) >= 11 is 0. The van der Waals surface area contributed by atoms with E-state index in [0.717, 1.165) is 11.1 Å². The lowest BCUT2D eigenvalue weighted by Crippen LogP contribution is -2.45. The number of non-ortho nitro benzene ring substituents is 2. The molecule has 172 valence electrons. The molecule has 2 aromatic carbocycles. The van der Waals surface area contributed by atoms with Gasteiger partial charge in [0.05, 0.1) is 33.5 Å². The summed E-state index contributed by atoms with van der Waals surface area (Å²) in [7, 11) is -3.34. The SMILES string of the molecule is O=[N+]([O-])c1ccc(CNCCN(Cc2ccc([N+](=O)[O-])cc2)[C@@H]2CS(=O)(=O)C[C@H]2O)cc1. The number of sulfone groups is 1. The molecule has 0 unspecified atom stereocenters. The van der Waals surface area contributed by atoms with Crippen LogP contribution in [0.3, 0.4) is 0 Å². The average molecular weight is 465 g/mol. The van der Waals surface area contributed by atoms with Crippen molar-refractivity contribution < 1.29 is 23.4 Å². The molecule has 0 radical (unpaired) electrons. The summed E-state index contributed by atoms with van der Waals surface area (Å²) in [5.74, 6) is -0.436. The second kappa shape index (κ2) is 10.1. The van der Waals surface area contributed by atoms with Crippen molar-refractivity contribution in [2.75, 3.05) is 24.6 Å². The Morgan fingerprint density at radius 2 is 1.47 bits per heavy atom. The third kappa shape index (κ3) is 6.29. The number of hydrogen-bond acceptors (Lipinski definition) is 9. The Bertz CT molecular complexity index is 1060. The van der Waals surface area contributed by atoms with E-state index in [-0.39, 0.29) is 22.9 Å². The molecule has 0 saturated carbocycles. The van der Waals surface area contributed by atoms with Crippen molar-refractivity contribution in [2.45, 2.75) is 25.2 Å². The van der Waals surface area contributed by atoms with Crippen molar-refractivity contribution in [3.8, 4) is 0 Å². The van der Waals surface area contributed by atoms with Gasteiger partial charge in [0, 0.05) is 50.4 Å². The van der Waals surface area contributed by atoms with Crippen molar-refractivity contribution in [1.82, 2.24) is 10.2 Å². The summed E-state index contributed by atoms with van der Waals surface area (Å²) in [6.07, 6.45) is -1.01. The number of nitrogens with zero attached hydrogens (tertiary/aromatic N) is 3. The molecular weight excluding hydrogens is 440 g/mol. The topological polar surface area (TPSA) is 156 Å². The largest absolute Gasteiger partial charge is 0.390 e. The lowest BCUT2D eigenvalue weighted by atomic mass is 10.1. The predicted molar refractivity (Wildman–Crippen MR) is 117 cm³/mol. The Balaban J connectivity index is 1.63. The van der Waals surface area contributed by atoms with Crippen LogP contribution in [-0.2, 0) is 22.9 Å². The van der Waals surface area contributed by atoms with Crippen molar-refractivity contribution in [1.29, 1.82) is 0 Å². The molecule has 1 fully saturated rings. The van der Waals surface area contributed by atoms with Gasteiger partial charge in [-0.15, -0.1) is 0 Å². The normalized spacial score (nSPS) is 19.8. The van der Waals surface area contributed by atoms with Crippen molar-refractivity contribution in [2.24, 2.45) is 0 Å². The summed E-state index contributed by atoms with van der Waals surface area (Å²) in [5.41, 5.74) is 1.61. The summed E-state index contributed by atoms with van der Waals surface area (Å²) < 4.78 is 24.0. The lowest BCUT2D eigenvalue weighted by molar-refractivity contribution is -0.385. The first-order chi connectivity index (χ1) is 15.1. The molecule has 2 aromatic rings. The minimum atomic E-state index is -3.34. The number of nitro groups is 2. The monoisotopic (exact) mass is 464 g/mol. The van der Waals surface area contributed by atoms with Crippen LogP contribution < -0.4 is 5.32 Å². The van der Waals surface area contributed by atoms with Gasteiger partial charge in [0.2, 0.25) is 0 Å². The van der Waals surface area contributed by atoms with Crippen LogP contribution >= 0.6 is 0 Å². The zero-order valence-corrected chi connectivity index (χ0v) is 18.0. The van der Waals surface area contributed by atoms with Crippen LogP contribution in [0, 0.1) is 20.2 Å². The van der Waals surface area contributed by atoms with Crippen LogP contribution in [0.2, 0.25) is 0 Å². The van der Waals surface area contributed by atoms with E-state index < -0.39 is 31.8 Å². The highest BCUT2D eigenvalue weighted by Gasteiger charge is 2.39. The maximum atomic E-state index is 12.0. The van der Waals surface area contributed by atoms with E-state index in [0.29, 0.717) is 26.2 Å². The number of hydrogen-bond donors (Lipinski definition) is 2. The van der Waals surface area contributed by atoms with Gasteiger partial charge >= 0.3 is 0 Å². The maximum Gasteiger partial charge on any atom is 0.269 e. The fraction of sp³-hybridized carbons (Fsp3) is 0.400. The number of nitro benzene ring substituents is 2. The van der Waals surface area contributed by atoms with Gasteiger partial charge in [-0.2, -0.15) is 0 Å². The van der Waals surface area contributed by atoms with E-state index in [1.54, 1.807) is 24.3 Å². The Labute approximate surface area is 184 Å². The van der Waals surface area contributed by atoms with Crippen LogP contribution in [0.4, 0.5) is 11.4 Å². The molecule has 1 heterocycles. The highest BCUT2D eigenvalue weighted by molar-refractivity contribution is 7.91. The van der Waals surface area contributed by atoms with Gasteiger partial charge in [-0.3, -0.25) is 25.1 Å². The molecule has 2 atom stereocenters. The Hall–Kier alpha value is -2.93. The van der Waals surface area contributed by atoms with Crippen molar-refractivity contribution in [3.63, 3.8) is 0 Å². The minimum absolute atomic E-state index is 0.0134. The highest BCUT2D eigenvalue weighted by Crippen LogP contribution is 2.21. The van der Waals surface area contributed by atoms with Crippen LogP contribution in [-0.4, -0.2) is 65.0 Å². The fourth-order valence-corrected chi connectivity index (χ4v) is 5.50. The van der Waals surface area contributed by atoms with E-state index in [9.17, 15) is 33.8 Å². The Morgan fingerprint density at radius 1 is 0.938 bits per heavy atom. The van der Waals surface area contributed by atoms with Crippen LogP contribution in [0.15, 0.2) is 48.5 Å². The third-order valence-corrected chi connectivity index (χ3v) is 7.05. The summed E-state index contributed by atoms with van der Waals surface area (Å²) in [5, 5.41) is 35.1. The number of benzene rings is 2. The number of rotatable bonds is 10. The van der Waals surface area contributed by atoms with Gasteiger partial charge in [0.25, 0.3) is 11.4 Å². The quantitative estimate of drug-likeness (QED) is 0.300. The molecule has 0 aromatic heterocycles. The van der Waals surface area contributed by atoms with E-state index in [2.05, 4.69) is 5.32 Å². The first-order valence-corrected chi connectivity index (χ1v) is 11.8. The van der Waals surface area contributed by atoms with E-state index >= 15 is 0 Å². The summed E-state index contributed by atoms with van der Waals surface area (Å²) in [6.45, 7) is 1.71. The molecule has 1 saturated heterocycles. The van der Waals surface area contributed by atoms with Crippen molar-refractivity contribution in [3.05, 3.63) is 79.9 Å². The highest BCUT2D eigenvalue weighted by atomic mass is 32.2. The standard InChI is InChI=1S/C20H24N4O7S/c25-20-14-32(30,31)13-19(20)22(12-16-3-7-18(8-4-16)24(28)29)10-9-21-11-15-1-5-17(6-2-15)23(26)27/h1-8,19-21,25H,9-14H2/t19-,20-/m1/s1. The lowest BCUT2D eigenvalue weighted by Gasteiger charge is -2.30. The number of aliphatic hydroxyl groups excluding tert-OH is 1. The molecule has 0 amide bonds. The molecule has 3 rings (SSSR count). The average Bonchev–Trinajstić information content (AvgIpc) is 3.03. The Morgan fingerprint density at radius 3 is 1.94 bits per heavy atom. The van der Waals surface area contributed by atoms with E-state index in [1.807, 2.05) is 4.90 Å². The second-order valence-electron chi connectivity index (χ2n) is 7.71. The smallest absolute Gasteiger partial charge is 0.269 e. The van der Waals surface area contributed by atoms with Gasteiger partial charge in [-0.05, 0) is 11.1 Å². The molecule has 0 spiro atoms. The van der Waals surface area contributed by atoms with Gasteiger partial charge in [0.1, 0.15) is 0 Å². The van der Waals surface area contributed by atoms with Gasteiger partial charge in [-0.1, -0.05) is 24.3 Å². The molecule has 0 aliphatic carbocycles. The van der Waals surface area contributed by atoms with Crippen molar-refractivity contribution >= 4 is 21.2 Å². The van der Waals surface area contributed by atoms with Crippen LogP contribution in [0.1, 0.15) is 11.1 Å². The predicted octanol–water partition coefficient (Wildman–Crippen LogP) is 1.25. The molecule has 1 aliphatic rings. The van der Waals surface area contributed by atoms with Gasteiger partial charge in [0.15, 0.2) is 9.84 Å². The number of aliphatic hydroxyl groups is 1. The molecule has 0 bridgehead atoms. The first kappa shape index (κ1) is 23.7. The molecule has 11 nitrogen and oxygen atoms in total. The zero-order chi connectivity index (χ0) is 23.3. The fourth-order valence-electron chi connectivity index (χ4n) is 3.67. The maximum absolute atomic E-state index is 12.0. The van der Waals surface area contributed by atoms with Crippen LogP contribution in [0.25, 0.3) is 0 Å². The summed E-state index contributed by atoms with van der Waals surface area (Å²) in [4.78, 5) is 22.5. The molecule has 12 heteroatoms. The van der Waals surface area contributed by atoms with Gasteiger partial charge in [-0.25, -0.2) is 8.42 Å². The third-order valence-electron chi connectivity index (χ3n) is 5.35. The minimum Gasteiger partial charge on any atom is -0.390 e.